The van der Waals surface area contributed by atoms with Gasteiger partial charge in [-0.1, -0.05) is 78.9 Å². The second-order valence-corrected chi connectivity index (χ2v) is 13.8. The Bertz CT molecular complexity index is 2870. The van der Waals surface area contributed by atoms with E-state index in [2.05, 4.69) is 22.5 Å². The van der Waals surface area contributed by atoms with Crippen molar-refractivity contribution in [3.8, 4) is 0 Å². The zero-order valence-corrected chi connectivity index (χ0v) is 30.0. The van der Waals surface area contributed by atoms with E-state index in [1.165, 1.54) is 0 Å². The number of rotatable bonds is 7. The molecular formula is C47H32N4O6. The van der Waals surface area contributed by atoms with E-state index in [1.54, 1.807) is 60.7 Å². The van der Waals surface area contributed by atoms with Gasteiger partial charge in [-0.05, 0) is 95.1 Å². The predicted octanol–water partition coefficient (Wildman–Crippen LogP) is 6.26. The molecule has 57 heavy (non-hydrogen) atoms. The van der Waals surface area contributed by atoms with Crippen molar-refractivity contribution in [1.29, 1.82) is 0 Å². The van der Waals surface area contributed by atoms with Gasteiger partial charge in [-0.25, -0.2) is 24.4 Å². The number of nitrogens with zero attached hydrogens (tertiary/aromatic N) is 2. The number of aliphatic imine (C=N–C) groups is 2. The molecule has 0 amide bonds. The molecule has 0 fully saturated rings. The molecule has 5 heterocycles. The number of fused-ring (bicyclic) bond motifs is 6. The van der Waals surface area contributed by atoms with Gasteiger partial charge in [0, 0.05) is 33.0 Å². The summed E-state index contributed by atoms with van der Waals surface area (Å²) in [6, 6.07) is 33.5. The van der Waals surface area contributed by atoms with E-state index < -0.39 is 17.9 Å². The Labute approximate surface area is 325 Å². The van der Waals surface area contributed by atoms with Crippen LogP contribution in [-0.2, 0) is 0 Å². The number of H-pyrrole nitrogens is 1. The second-order valence-electron chi connectivity index (χ2n) is 13.8. The van der Waals surface area contributed by atoms with Crippen molar-refractivity contribution < 1.29 is 29.7 Å². The molecule has 2 unspecified atom stereocenters. The maximum absolute atomic E-state index is 11.8. The number of carboxylic acid groups (broad SMARTS) is 3. The average Bonchev–Trinajstić information content (AvgIpc) is 4.07. The highest BCUT2D eigenvalue weighted by atomic mass is 16.4. The minimum atomic E-state index is -1.03. The van der Waals surface area contributed by atoms with Gasteiger partial charge in [0.2, 0.25) is 0 Å². The number of carboxylic acids is 3. The molecule has 10 heteroatoms. The molecule has 5 N–H and O–H groups in total. The molecule has 276 valence electrons. The summed E-state index contributed by atoms with van der Waals surface area (Å²) in [5.41, 5.74) is 9.67. The highest BCUT2D eigenvalue weighted by Gasteiger charge is 2.30. The van der Waals surface area contributed by atoms with Crippen molar-refractivity contribution in [2.45, 2.75) is 12.1 Å². The molecule has 9 rings (SSSR count). The summed E-state index contributed by atoms with van der Waals surface area (Å²) in [5, 5.41) is 34.4. The highest BCUT2D eigenvalue weighted by Crippen LogP contribution is 2.36. The lowest BCUT2D eigenvalue weighted by molar-refractivity contribution is 0.0686. The van der Waals surface area contributed by atoms with Crippen LogP contribution in [0.5, 0.6) is 0 Å². The SMILES string of the molecule is O=C(O)c1ccc(/C2=C3\C=CC(=N3)/C(c3ccccc3)=c3/cc/c([nH]3)=C(\c3ccc(C(=O)O)cc3)C3C=CC(N3)/C(c3ccc(C(=O)O)cc3)=C3/C=CC2=N3)cc1. The zero-order valence-electron chi connectivity index (χ0n) is 30.0. The van der Waals surface area contributed by atoms with Crippen LogP contribution in [0.15, 0.2) is 173 Å². The van der Waals surface area contributed by atoms with E-state index in [0.717, 1.165) is 49.7 Å². The Morgan fingerprint density at radius 1 is 0.456 bits per heavy atom. The molecule has 0 saturated carbocycles. The number of nitrogens with one attached hydrogen (secondary N) is 2. The summed E-state index contributed by atoms with van der Waals surface area (Å²) < 4.78 is 0. The van der Waals surface area contributed by atoms with Crippen molar-refractivity contribution in [2.24, 2.45) is 9.98 Å². The summed E-state index contributed by atoms with van der Waals surface area (Å²) in [6.07, 6.45) is 11.9. The molecule has 8 bridgehead atoms. The summed E-state index contributed by atoms with van der Waals surface area (Å²) >= 11 is 0. The second kappa shape index (κ2) is 14.2. The molecule has 0 radical (unpaired) electrons. The first kappa shape index (κ1) is 35.0. The van der Waals surface area contributed by atoms with E-state index in [9.17, 15) is 29.7 Å². The van der Waals surface area contributed by atoms with Crippen LogP contribution in [0.2, 0.25) is 0 Å². The molecule has 0 aliphatic carbocycles. The third-order valence-corrected chi connectivity index (χ3v) is 10.4. The number of hydrogen-bond acceptors (Lipinski definition) is 6. The van der Waals surface area contributed by atoms with E-state index >= 15 is 0 Å². The van der Waals surface area contributed by atoms with Crippen LogP contribution in [0.3, 0.4) is 0 Å². The average molecular weight is 749 g/mol. The van der Waals surface area contributed by atoms with Gasteiger partial charge in [-0.15, -0.1) is 0 Å². The van der Waals surface area contributed by atoms with Gasteiger partial charge in [0.1, 0.15) is 0 Å². The minimum absolute atomic E-state index is 0.157. The van der Waals surface area contributed by atoms with Crippen molar-refractivity contribution in [3.05, 3.63) is 213 Å². The standard InChI is InChI=1S/C47H32N4O6/c52-45(53)30-12-6-27(7-13-30)42-35-20-18-33(48-35)41(26-4-2-1-3-5-26)34-19-21-36(49-34)43(28-8-14-31(15-9-28)46(54)55)38-23-25-40(51-38)44(39-24-22-37(42)50-39)29-10-16-32(17-11-29)47(56)57/h1-25,37,39,48,50H,(H,52,53)(H,54,55)(H,56,57)/b41-33-,42-35-,43-36-,44-40-. The Hall–Kier alpha value is -7.69. The molecule has 1 aromatic heterocycles. The van der Waals surface area contributed by atoms with Gasteiger partial charge >= 0.3 is 17.9 Å². The van der Waals surface area contributed by atoms with Crippen molar-refractivity contribution in [3.63, 3.8) is 0 Å². The fourth-order valence-corrected chi connectivity index (χ4v) is 7.70. The van der Waals surface area contributed by atoms with E-state index in [0.29, 0.717) is 28.4 Å². The summed E-state index contributed by atoms with van der Waals surface area (Å²) in [7, 11) is 0. The molecule has 0 saturated heterocycles. The molecule has 5 aromatic rings. The number of hydrogen-bond donors (Lipinski definition) is 5. The number of aromatic nitrogens is 1. The van der Waals surface area contributed by atoms with Crippen LogP contribution < -0.4 is 16.0 Å². The Morgan fingerprint density at radius 2 is 0.912 bits per heavy atom. The maximum Gasteiger partial charge on any atom is 0.335 e. The largest absolute Gasteiger partial charge is 0.478 e. The summed E-state index contributed by atoms with van der Waals surface area (Å²) in [5.74, 6) is -3.07. The number of allylic oxidation sites excluding steroid dienone is 5. The quantitative estimate of drug-likeness (QED) is 0.123. The maximum atomic E-state index is 11.8. The predicted molar refractivity (Wildman–Crippen MR) is 219 cm³/mol. The minimum Gasteiger partial charge on any atom is -0.478 e. The summed E-state index contributed by atoms with van der Waals surface area (Å²) in [4.78, 5) is 49.6. The zero-order chi connectivity index (χ0) is 39.2. The number of benzene rings is 4. The lowest BCUT2D eigenvalue weighted by atomic mass is 9.95. The number of carbonyl (C=O) groups is 3. The van der Waals surface area contributed by atoms with Crippen LogP contribution in [0.4, 0.5) is 0 Å². The normalized spacial score (nSPS) is 22.7. The van der Waals surface area contributed by atoms with Crippen LogP contribution >= 0.6 is 0 Å². The fourth-order valence-electron chi connectivity index (χ4n) is 7.70. The Morgan fingerprint density at radius 3 is 1.49 bits per heavy atom. The van der Waals surface area contributed by atoms with Crippen LogP contribution in [0, 0.1) is 0 Å². The first-order chi connectivity index (χ1) is 27.7. The third-order valence-electron chi connectivity index (χ3n) is 10.4. The monoisotopic (exact) mass is 748 g/mol. The third kappa shape index (κ3) is 6.49. The van der Waals surface area contributed by atoms with Gasteiger partial charge in [0.15, 0.2) is 0 Å². The van der Waals surface area contributed by atoms with Crippen LogP contribution in [0.1, 0.15) is 53.3 Å². The van der Waals surface area contributed by atoms with Gasteiger partial charge in [-0.2, -0.15) is 0 Å². The topological polar surface area (TPSA) is 164 Å². The smallest absolute Gasteiger partial charge is 0.335 e. The lowest BCUT2D eigenvalue weighted by Crippen LogP contribution is -2.35. The molecule has 10 nitrogen and oxygen atoms in total. The summed E-state index contributed by atoms with van der Waals surface area (Å²) in [6.45, 7) is 0. The number of aromatic carboxylic acids is 3. The fraction of sp³-hybridized carbons (Fsp3) is 0.0426. The van der Waals surface area contributed by atoms with E-state index in [-0.39, 0.29) is 28.8 Å². The lowest BCUT2D eigenvalue weighted by Gasteiger charge is -2.22. The Balaban J connectivity index is 1.34. The van der Waals surface area contributed by atoms with Crippen LogP contribution in [0.25, 0.3) is 22.3 Å². The number of aromatic amines is 1. The molecule has 4 aromatic carbocycles. The van der Waals surface area contributed by atoms with Crippen molar-refractivity contribution in [1.82, 2.24) is 10.3 Å². The van der Waals surface area contributed by atoms with Crippen LogP contribution in [-0.4, -0.2) is 61.7 Å². The van der Waals surface area contributed by atoms with Gasteiger partial charge in [0.05, 0.1) is 51.6 Å². The van der Waals surface area contributed by atoms with Gasteiger partial charge in [-0.3, -0.25) is 5.32 Å². The van der Waals surface area contributed by atoms with Gasteiger partial charge in [0.25, 0.3) is 0 Å². The first-order valence-electron chi connectivity index (χ1n) is 18.2. The first-order valence-corrected chi connectivity index (χ1v) is 18.2. The van der Waals surface area contributed by atoms with Gasteiger partial charge < -0.3 is 20.3 Å². The van der Waals surface area contributed by atoms with E-state index in [1.807, 2.05) is 78.9 Å². The molecular weight excluding hydrogens is 717 g/mol. The molecule has 4 aliphatic rings. The van der Waals surface area contributed by atoms with E-state index in [4.69, 9.17) is 9.98 Å². The molecule has 0 spiro atoms. The van der Waals surface area contributed by atoms with Crippen molar-refractivity contribution >= 4 is 51.6 Å². The van der Waals surface area contributed by atoms with Crippen molar-refractivity contribution in [2.75, 3.05) is 0 Å². The highest BCUT2D eigenvalue weighted by molar-refractivity contribution is 6.35. The Kier molecular flexibility index (Phi) is 8.72. The molecule has 2 atom stereocenters. The molecule has 4 aliphatic heterocycles.